The van der Waals surface area contributed by atoms with Gasteiger partial charge < -0.3 is 0 Å². The molecule has 0 aliphatic rings. The van der Waals surface area contributed by atoms with Gasteiger partial charge in [-0.1, -0.05) is 48.0 Å². The lowest BCUT2D eigenvalue weighted by Crippen LogP contribution is -2.23. The molecule has 0 spiro atoms. The molecule has 0 aliphatic carbocycles. The normalized spacial score (nSPS) is 13.6. The van der Waals surface area contributed by atoms with E-state index in [2.05, 4.69) is 6.07 Å². The highest BCUT2D eigenvalue weighted by Crippen LogP contribution is 2.31. The maximum atomic E-state index is 13.8. The van der Waals surface area contributed by atoms with Crippen LogP contribution in [0.25, 0.3) is 0 Å². The van der Waals surface area contributed by atoms with Crippen LogP contribution < -0.4 is 0 Å². The molecule has 0 N–H and O–H groups in total. The summed E-state index contributed by atoms with van der Waals surface area (Å²) in [6.45, 7) is 1.80. The molecule has 1 nitrogen and oxygen atoms in total. The Morgan fingerprint density at radius 3 is 2.42 bits per heavy atom. The van der Waals surface area contributed by atoms with E-state index in [4.69, 9.17) is 11.6 Å². The smallest absolute Gasteiger partial charge is 0.127 e. The van der Waals surface area contributed by atoms with Crippen molar-refractivity contribution in [1.82, 2.24) is 0 Å². The Balaban J connectivity index is 2.43. The first-order valence-electron chi connectivity index (χ1n) is 5.96. The van der Waals surface area contributed by atoms with Crippen molar-refractivity contribution in [2.75, 3.05) is 0 Å². The molecular weight excluding hydrogens is 261 g/mol. The molecule has 96 valence electrons. The molecule has 0 aliphatic heterocycles. The number of nitriles is 1. The lowest BCUT2D eigenvalue weighted by Gasteiger charge is -2.23. The van der Waals surface area contributed by atoms with Gasteiger partial charge in [-0.2, -0.15) is 5.26 Å². The van der Waals surface area contributed by atoms with Gasteiger partial charge in [-0.25, -0.2) is 4.39 Å². The van der Waals surface area contributed by atoms with E-state index in [1.165, 1.54) is 6.07 Å². The topological polar surface area (TPSA) is 23.8 Å². The summed E-state index contributed by atoms with van der Waals surface area (Å²) in [7, 11) is 0. The van der Waals surface area contributed by atoms with E-state index in [9.17, 15) is 9.65 Å². The first kappa shape index (κ1) is 13.6. The number of nitrogens with zero attached hydrogens (tertiary/aromatic N) is 1. The molecule has 0 bridgehead atoms. The molecule has 0 saturated heterocycles. The third kappa shape index (κ3) is 2.77. The SMILES string of the molecule is CC(C#N)(Cc1c(F)cccc1Cl)c1ccccc1. The Hall–Kier alpha value is -1.85. The lowest BCUT2D eigenvalue weighted by atomic mass is 9.78. The standard InChI is InChI=1S/C16H13ClFN/c1-16(11-19,12-6-3-2-4-7-12)10-13-14(17)8-5-9-15(13)18/h2-9H,10H2,1H3. The molecule has 0 amide bonds. The number of hydrogen-bond acceptors (Lipinski definition) is 1. The summed E-state index contributed by atoms with van der Waals surface area (Å²) in [5.41, 5.74) is 0.446. The predicted octanol–water partition coefficient (Wildman–Crippen LogP) is 4.50. The van der Waals surface area contributed by atoms with Crippen LogP contribution in [0.4, 0.5) is 4.39 Å². The van der Waals surface area contributed by atoms with Crippen LogP contribution in [0.15, 0.2) is 48.5 Å². The minimum absolute atomic E-state index is 0.249. The summed E-state index contributed by atoms with van der Waals surface area (Å²) in [5, 5.41) is 9.82. The zero-order valence-corrected chi connectivity index (χ0v) is 11.3. The first-order valence-corrected chi connectivity index (χ1v) is 6.34. The van der Waals surface area contributed by atoms with Gasteiger partial charge in [0.15, 0.2) is 0 Å². The van der Waals surface area contributed by atoms with Gasteiger partial charge in [0.05, 0.1) is 11.5 Å². The number of halogens is 2. The van der Waals surface area contributed by atoms with Gasteiger partial charge >= 0.3 is 0 Å². The van der Waals surface area contributed by atoms with Crippen LogP contribution >= 0.6 is 11.6 Å². The summed E-state index contributed by atoms with van der Waals surface area (Å²) in [6, 6.07) is 16.2. The molecule has 0 heterocycles. The van der Waals surface area contributed by atoms with Crippen LogP contribution in [0.1, 0.15) is 18.1 Å². The van der Waals surface area contributed by atoms with Crippen molar-refractivity contribution < 1.29 is 4.39 Å². The molecule has 0 aromatic heterocycles. The van der Waals surface area contributed by atoms with Gasteiger partial charge in [0.1, 0.15) is 5.82 Å². The fourth-order valence-electron chi connectivity index (χ4n) is 2.07. The quantitative estimate of drug-likeness (QED) is 0.807. The van der Waals surface area contributed by atoms with Crippen molar-refractivity contribution in [3.63, 3.8) is 0 Å². The molecule has 19 heavy (non-hydrogen) atoms. The van der Waals surface area contributed by atoms with E-state index in [1.807, 2.05) is 30.3 Å². The molecule has 0 saturated carbocycles. The van der Waals surface area contributed by atoms with Crippen LogP contribution in [0.2, 0.25) is 5.02 Å². The second kappa shape index (κ2) is 5.42. The maximum absolute atomic E-state index is 13.8. The van der Waals surface area contributed by atoms with Crippen molar-refractivity contribution in [1.29, 1.82) is 5.26 Å². The number of hydrogen-bond donors (Lipinski definition) is 0. The summed E-state index contributed by atoms with van der Waals surface area (Å²) >= 11 is 6.03. The lowest BCUT2D eigenvalue weighted by molar-refractivity contribution is 0.557. The van der Waals surface area contributed by atoms with Gasteiger partial charge in [0.2, 0.25) is 0 Å². The highest BCUT2D eigenvalue weighted by Gasteiger charge is 2.28. The van der Waals surface area contributed by atoms with Crippen LogP contribution in [-0.4, -0.2) is 0 Å². The zero-order chi connectivity index (χ0) is 13.9. The summed E-state index contributed by atoms with van der Waals surface area (Å²) < 4.78 is 13.8. The maximum Gasteiger partial charge on any atom is 0.127 e. The Kier molecular flexibility index (Phi) is 3.87. The molecule has 0 fully saturated rings. The van der Waals surface area contributed by atoms with Gasteiger partial charge in [-0.3, -0.25) is 0 Å². The number of rotatable bonds is 3. The van der Waals surface area contributed by atoms with E-state index < -0.39 is 5.41 Å². The molecule has 1 unspecified atom stereocenters. The van der Waals surface area contributed by atoms with Crippen molar-refractivity contribution in [2.45, 2.75) is 18.8 Å². The van der Waals surface area contributed by atoms with Crippen LogP contribution in [-0.2, 0) is 11.8 Å². The van der Waals surface area contributed by atoms with Crippen molar-refractivity contribution in [2.24, 2.45) is 0 Å². The van der Waals surface area contributed by atoms with Gasteiger partial charge in [0.25, 0.3) is 0 Å². The summed E-state index contributed by atoms with van der Waals surface area (Å²) in [5.74, 6) is -0.370. The predicted molar refractivity (Wildman–Crippen MR) is 74.5 cm³/mol. The van der Waals surface area contributed by atoms with Crippen molar-refractivity contribution in [3.8, 4) is 6.07 Å². The van der Waals surface area contributed by atoms with E-state index in [0.29, 0.717) is 10.6 Å². The van der Waals surface area contributed by atoms with Crippen molar-refractivity contribution in [3.05, 3.63) is 70.5 Å². The fraction of sp³-hybridized carbons (Fsp3) is 0.188. The molecular formula is C16H13ClFN. The third-order valence-corrected chi connectivity index (χ3v) is 3.60. The van der Waals surface area contributed by atoms with E-state index >= 15 is 0 Å². The van der Waals surface area contributed by atoms with Crippen LogP contribution in [0.5, 0.6) is 0 Å². The molecule has 3 heteroatoms. The van der Waals surface area contributed by atoms with Crippen LogP contribution in [0.3, 0.4) is 0 Å². The second-order valence-electron chi connectivity index (χ2n) is 4.69. The molecule has 2 aromatic carbocycles. The summed E-state index contributed by atoms with van der Waals surface area (Å²) in [4.78, 5) is 0. The highest BCUT2D eigenvalue weighted by molar-refractivity contribution is 6.31. The van der Waals surface area contributed by atoms with Gasteiger partial charge in [0, 0.05) is 10.6 Å². The fourth-order valence-corrected chi connectivity index (χ4v) is 2.30. The van der Waals surface area contributed by atoms with Gasteiger partial charge in [-0.05, 0) is 31.0 Å². The number of benzene rings is 2. The second-order valence-corrected chi connectivity index (χ2v) is 5.09. The largest absolute Gasteiger partial charge is 0.207 e. The Bertz CT molecular complexity index is 598. The molecule has 0 radical (unpaired) electrons. The minimum Gasteiger partial charge on any atom is -0.207 e. The monoisotopic (exact) mass is 273 g/mol. The molecule has 1 atom stereocenters. The third-order valence-electron chi connectivity index (χ3n) is 3.25. The first-order chi connectivity index (χ1) is 9.07. The summed E-state index contributed by atoms with van der Waals surface area (Å²) in [6.07, 6.45) is 0.249. The Labute approximate surface area is 117 Å². The Morgan fingerprint density at radius 2 is 1.84 bits per heavy atom. The van der Waals surface area contributed by atoms with Gasteiger partial charge in [-0.15, -0.1) is 0 Å². The van der Waals surface area contributed by atoms with E-state index in [0.717, 1.165) is 5.56 Å². The van der Waals surface area contributed by atoms with E-state index in [1.54, 1.807) is 19.1 Å². The minimum atomic E-state index is -0.799. The zero-order valence-electron chi connectivity index (χ0n) is 10.5. The highest BCUT2D eigenvalue weighted by atomic mass is 35.5. The Morgan fingerprint density at radius 1 is 1.16 bits per heavy atom. The molecule has 2 rings (SSSR count). The van der Waals surface area contributed by atoms with Crippen molar-refractivity contribution >= 4 is 11.6 Å². The van der Waals surface area contributed by atoms with Crippen LogP contribution in [0, 0.1) is 17.1 Å². The average molecular weight is 274 g/mol. The average Bonchev–Trinajstić information content (AvgIpc) is 2.44. The molecule has 2 aromatic rings. The van der Waals surface area contributed by atoms with E-state index in [-0.39, 0.29) is 12.2 Å².